The Balaban J connectivity index is 1.40. The summed E-state index contributed by atoms with van der Waals surface area (Å²) < 4.78 is 6.01. The summed E-state index contributed by atoms with van der Waals surface area (Å²) in [6, 6.07) is 8.25. The summed E-state index contributed by atoms with van der Waals surface area (Å²) >= 11 is 0. The van der Waals surface area contributed by atoms with E-state index in [0.29, 0.717) is 13.0 Å². The van der Waals surface area contributed by atoms with Crippen molar-refractivity contribution in [1.82, 2.24) is 14.8 Å². The summed E-state index contributed by atoms with van der Waals surface area (Å²) in [4.78, 5) is 21.3. The van der Waals surface area contributed by atoms with Gasteiger partial charge in [0, 0.05) is 50.3 Å². The Morgan fingerprint density at radius 2 is 2.04 bits per heavy atom. The molecule has 2 aliphatic rings. The van der Waals surface area contributed by atoms with E-state index in [0.717, 1.165) is 62.5 Å². The van der Waals surface area contributed by atoms with Crippen molar-refractivity contribution >= 4 is 5.91 Å². The van der Waals surface area contributed by atoms with Gasteiger partial charge >= 0.3 is 0 Å². The highest BCUT2D eigenvalue weighted by Gasteiger charge is 2.41. The molecule has 150 valence electrons. The van der Waals surface area contributed by atoms with E-state index in [2.05, 4.69) is 39.9 Å². The molecule has 5 heteroatoms. The van der Waals surface area contributed by atoms with Gasteiger partial charge in [-0.15, -0.1) is 0 Å². The number of aryl methyl sites for hydroxylation is 1. The standard InChI is InChI=1S/C23H31N3O2/c1-2-5-20-7-8-21(28-20)16-25-13-4-10-23(17-25)11-9-22(27)26(18-23)15-19-6-3-12-24-14-19/h3,6-8,12,14H,2,4-5,9-11,13,15-18H2,1H3. The number of aromatic nitrogens is 1. The van der Waals surface area contributed by atoms with Crippen molar-refractivity contribution in [3.8, 4) is 0 Å². The lowest BCUT2D eigenvalue weighted by Gasteiger charge is -2.48. The fourth-order valence-electron chi connectivity index (χ4n) is 4.85. The zero-order valence-corrected chi connectivity index (χ0v) is 16.9. The third-order valence-corrected chi connectivity index (χ3v) is 6.18. The number of furan rings is 1. The molecule has 2 aromatic heterocycles. The van der Waals surface area contributed by atoms with Crippen LogP contribution in [-0.4, -0.2) is 40.3 Å². The summed E-state index contributed by atoms with van der Waals surface area (Å²) in [7, 11) is 0. The number of rotatable bonds is 6. The fraction of sp³-hybridized carbons (Fsp3) is 0.565. The molecule has 1 atom stereocenters. The fourth-order valence-corrected chi connectivity index (χ4v) is 4.85. The molecule has 0 saturated carbocycles. The van der Waals surface area contributed by atoms with Gasteiger partial charge in [0.1, 0.15) is 11.5 Å². The molecule has 5 nitrogen and oxygen atoms in total. The lowest BCUT2D eigenvalue weighted by Crippen LogP contribution is -2.53. The number of pyridine rings is 1. The maximum atomic E-state index is 12.5. The molecule has 0 N–H and O–H groups in total. The zero-order chi connectivity index (χ0) is 19.4. The molecule has 2 aliphatic heterocycles. The molecule has 0 radical (unpaired) electrons. The van der Waals surface area contributed by atoms with E-state index in [1.165, 1.54) is 12.8 Å². The maximum Gasteiger partial charge on any atom is 0.222 e. The van der Waals surface area contributed by atoms with Crippen molar-refractivity contribution in [2.75, 3.05) is 19.6 Å². The Hall–Kier alpha value is -2.14. The molecule has 0 aromatic carbocycles. The number of hydrogen-bond acceptors (Lipinski definition) is 4. The number of piperidine rings is 2. The topological polar surface area (TPSA) is 49.6 Å². The van der Waals surface area contributed by atoms with Gasteiger partial charge in [0.15, 0.2) is 0 Å². The van der Waals surface area contributed by atoms with Crippen LogP contribution in [0.2, 0.25) is 0 Å². The molecular formula is C23H31N3O2. The molecule has 1 amide bonds. The first-order valence-electron chi connectivity index (χ1n) is 10.6. The predicted octanol–water partition coefficient (Wildman–Crippen LogP) is 4.03. The first-order chi connectivity index (χ1) is 13.7. The first-order valence-corrected chi connectivity index (χ1v) is 10.6. The molecular weight excluding hydrogens is 350 g/mol. The number of likely N-dealkylation sites (tertiary alicyclic amines) is 2. The molecule has 4 heterocycles. The second-order valence-corrected chi connectivity index (χ2v) is 8.54. The minimum Gasteiger partial charge on any atom is -0.465 e. The van der Waals surface area contributed by atoms with E-state index in [-0.39, 0.29) is 11.3 Å². The summed E-state index contributed by atoms with van der Waals surface area (Å²) in [5.41, 5.74) is 1.33. The van der Waals surface area contributed by atoms with Crippen molar-refractivity contribution in [2.24, 2.45) is 5.41 Å². The van der Waals surface area contributed by atoms with Crippen LogP contribution in [0.25, 0.3) is 0 Å². The average molecular weight is 382 g/mol. The molecule has 28 heavy (non-hydrogen) atoms. The SMILES string of the molecule is CCCc1ccc(CN2CCCC3(CCC(=O)N(Cc4cccnc4)C3)C2)o1. The number of carbonyl (C=O) groups excluding carboxylic acids is 1. The van der Waals surface area contributed by atoms with Gasteiger partial charge in [-0.05, 0) is 56.0 Å². The highest BCUT2D eigenvalue weighted by atomic mass is 16.3. The monoisotopic (exact) mass is 381 g/mol. The van der Waals surface area contributed by atoms with E-state index < -0.39 is 0 Å². The molecule has 1 unspecified atom stereocenters. The largest absolute Gasteiger partial charge is 0.465 e. The van der Waals surface area contributed by atoms with Gasteiger partial charge in [0.25, 0.3) is 0 Å². The average Bonchev–Trinajstić information content (AvgIpc) is 3.13. The van der Waals surface area contributed by atoms with Crippen LogP contribution in [0.5, 0.6) is 0 Å². The van der Waals surface area contributed by atoms with Crippen molar-refractivity contribution < 1.29 is 9.21 Å². The molecule has 2 saturated heterocycles. The van der Waals surface area contributed by atoms with E-state index in [4.69, 9.17) is 4.42 Å². The first kappa shape index (κ1) is 19.2. The Morgan fingerprint density at radius 3 is 2.86 bits per heavy atom. The third-order valence-electron chi connectivity index (χ3n) is 6.18. The number of amides is 1. The second kappa shape index (κ2) is 8.48. The molecule has 1 spiro atoms. The van der Waals surface area contributed by atoms with Crippen molar-refractivity contribution in [3.05, 3.63) is 53.7 Å². The van der Waals surface area contributed by atoms with Crippen LogP contribution in [0, 0.1) is 5.41 Å². The van der Waals surface area contributed by atoms with Crippen LogP contribution in [-0.2, 0) is 24.3 Å². The van der Waals surface area contributed by atoms with Gasteiger partial charge in [-0.3, -0.25) is 14.7 Å². The van der Waals surface area contributed by atoms with Gasteiger partial charge < -0.3 is 9.32 Å². The van der Waals surface area contributed by atoms with Gasteiger partial charge in [-0.1, -0.05) is 13.0 Å². The van der Waals surface area contributed by atoms with Gasteiger partial charge in [-0.25, -0.2) is 0 Å². The van der Waals surface area contributed by atoms with E-state index >= 15 is 0 Å². The maximum absolute atomic E-state index is 12.5. The van der Waals surface area contributed by atoms with Gasteiger partial charge in [0.2, 0.25) is 5.91 Å². The Morgan fingerprint density at radius 1 is 1.14 bits per heavy atom. The van der Waals surface area contributed by atoms with Gasteiger partial charge in [-0.2, -0.15) is 0 Å². The number of carbonyl (C=O) groups is 1. The van der Waals surface area contributed by atoms with Crippen LogP contribution in [0.4, 0.5) is 0 Å². The quantitative estimate of drug-likeness (QED) is 0.758. The molecule has 2 aromatic rings. The predicted molar refractivity (Wildman–Crippen MR) is 109 cm³/mol. The summed E-state index contributed by atoms with van der Waals surface area (Å²) in [5, 5.41) is 0. The third kappa shape index (κ3) is 4.46. The van der Waals surface area contributed by atoms with Crippen LogP contribution < -0.4 is 0 Å². The van der Waals surface area contributed by atoms with Gasteiger partial charge in [0.05, 0.1) is 6.54 Å². The molecule has 0 aliphatic carbocycles. The lowest BCUT2D eigenvalue weighted by molar-refractivity contribution is -0.140. The van der Waals surface area contributed by atoms with E-state index in [1.807, 2.05) is 12.3 Å². The minimum atomic E-state index is 0.215. The Labute approximate surface area is 167 Å². The van der Waals surface area contributed by atoms with Crippen molar-refractivity contribution in [2.45, 2.75) is 58.5 Å². The smallest absolute Gasteiger partial charge is 0.222 e. The minimum absolute atomic E-state index is 0.215. The number of hydrogen-bond donors (Lipinski definition) is 0. The van der Waals surface area contributed by atoms with Crippen LogP contribution >= 0.6 is 0 Å². The van der Waals surface area contributed by atoms with Crippen LogP contribution in [0.1, 0.15) is 56.1 Å². The Kier molecular flexibility index (Phi) is 5.81. The highest BCUT2D eigenvalue weighted by molar-refractivity contribution is 5.77. The number of nitrogens with zero attached hydrogens (tertiary/aromatic N) is 3. The lowest BCUT2D eigenvalue weighted by atomic mass is 9.73. The summed E-state index contributed by atoms with van der Waals surface area (Å²) in [6.07, 6.45) is 9.84. The highest BCUT2D eigenvalue weighted by Crippen LogP contribution is 2.39. The van der Waals surface area contributed by atoms with E-state index in [9.17, 15) is 4.79 Å². The zero-order valence-electron chi connectivity index (χ0n) is 16.9. The Bertz CT molecular complexity index is 788. The normalized spacial score (nSPS) is 23.5. The summed E-state index contributed by atoms with van der Waals surface area (Å²) in [5.74, 6) is 2.44. The van der Waals surface area contributed by atoms with Crippen molar-refractivity contribution in [3.63, 3.8) is 0 Å². The molecule has 0 bridgehead atoms. The van der Waals surface area contributed by atoms with Crippen LogP contribution in [0.3, 0.4) is 0 Å². The van der Waals surface area contributed by atoms with E-state index in [1.54, 1.807) is 6.20 Å². The molecule has 2 fully saturated rings. The van der Waals surface area contributed by atoms with Crippen LogP contribution in [0.15, 0.2) is 41.1 Å². The summed E-state index contributed by atoms with van der Waals surface area (Å²) in [6.45, 7) is 6.75. The molecule has 4 rings (SSSR count). The van der Waals surface area contributed by atoms with Crippen molar-refractivity contribution in [1.29, 1.82) is 0 Å². The second-order valence-electron chi connectivity index (χ2n) is 8.54.